The first-order valence-corrected chi connectivity index (χ1v) is 13.7. The smallest absolute Gasteiger partial charge is 0.306 e. The molecule has 0 N–H and O–H groups in total. The maximum Gasteiger partial charge on any atom is 0.306 e. The van der Waals surface area contributed by atoms with Gasteiger partial charge in [-0.05, 0) is 62.4 Å². The van der Waals surface area contributed by atoms with Gasteiger partial charge in [-0.3, -0.25) is 19.1 Å². The molecule has 0 aromatic heterocycles. The Morgan fingerprint density at radius 1 is 1.14 bits per heavy atom. The number of hydrogen-bond acceptors (Lipinski definition) is 7. The summed E-state index contributed by atoms with van der Waals surface area (Å²) < 4.78 is 23.5. The average Bonchev–Trinajstić information content (AvgIpc) is 3.11. The molecule has 0 unspecified atom stereocenters. The van der Waals surface area contributed by atoms with Crippen molar-refractivity contribution in [2.45, 2.75) is 112 Å². The minimum absolute atomic E-state index is 0.0454. The summed E-state index contributed by atoms with van der Waals surface area (Å²) in [6, 6.07) is 0. The molecule has 0 bridgehead atoms. The zero-order valence-electron chi connectivity index (χ0n) is 23.3. The molecule has 1 saturated heterocycles. The second-order valence-corrected chi connectivity index (χ2v) is 11.3. The van der Waals surface area contributed by atoms with Gasteiger partial charge in [0.1, 0.15) is 6.10 Å². The lowest BCUT2D eigenvalue weighted by Crippen LogP contribution is -2.57. The van der Waals surface area contributed by atoms with Crippen LogP contribution in [0.2, 0.25) is 0 Å². The van der Waals surface area contributed by atoms with E-state index in [0.29, 0.717) is 18.8 Å². The highest BCUT2D eigenvalue weighted by atomic mass is 16.8. The normalized spacial score (nSPS) is 35.0. The summed E-state index contributed by atoms with van der Waals surface area (Å²) in [6.45, 7) is 15.2. The predicted molar refractivity (Wildman–Crippen MR) is 140 cm³/mol. The van der Waals surface area contributed by atoms with E-state index in [9.17, 15) is 14.4 Å². The van der Waals surface area contributed by atoms with Crippen LogP contribution in [0.5, 0.6) is 0 Å². The lowest BCUT2D eigenvalue weighted by atomic mass is 9.46. The third kappa shape index (κ3) is 6.02. The van der Waals surface area contributed by atoms with E-state index < -0.39 is 36.0 Å². The van der Waals surface area contributed by atoms with Gasteiger partial charge in [-0.15, -0.1) is 0 Å². The first-order chi connectivity index (χ1) is 17.5. The highest BCUT2D eigenvalue weighted by Crippen LogP contribution is 2.67. The summed E-state index contributed by atoms with van der Waals surface area (Å²) in [5.41, 5.74) is 0.949. The fraction of sp³-hybridized carbons (Fsp3) is 0.700. The van der Waals surface area contributed by atoms with Crippen molar-refractivity contribution >= 4 is 17.9 Å². The van der Waals surface area contributed by atoms with Crippen LogP contribution in [-0.2, 0) is 33.3 Å². The van der Waals surface area contributed by atoms with Crippen LogP contribution in [0.3, 0.4) is 0 Å². The Kier molecular flexibility index (Phi) is 9.43. The van der Waals surface area contributed by atoms with Gasteiger partial charge in [-0.1, -0.05) is 57.9 Å². The van der Waals surface area contributed by atoms with E-state index in [1.165, 1.54) is 13.8 Å². The van der Waals surface area contributed by atoms with Crippen molar-refractivity contribution in [1.29, 1.82) is 0 Å². The van der Waals surface area contributed by atoms with Gasteiger partial charge in [0.05, 0.1) is 5.41 Å². The summed E-state index contributed by atoms with van der Waals surface area (Å²) in [4.78, 5) is 36.9. The number of hydrogen-bond donors (Lipinski definition) is 0. The van der Waals surface area contributed by atoms with E-state index in [1.807, 2.05) is 19.1 Å². The Bertz CT molecular complexity index is 950. The van der Waals surface area contributed by atoms with Crippen LogP contribution in [0.1, 0.15) is 92.9 Å². The van der Waals surface area contributed by atoms with E-state index in [2.05, 4.69) is 33.4 Å². The number of ether oxygens (including phenoxy) is 4. The monoisotopic (exact) mass is 516 g/mol. The SMILES string of the molecule is C=C/C(C)=C\C[C@]1(C)[C@H](C)CC[C@@]23C(=C[C@H](OC(=O)CCCCC)C[C@@H]12)[C@@H](OC(C)=O)O[C@H]3OC(C)=O. The summed E-state index contributed by atoms with van der Waals surface area (Å²) in [7, 11) is 0. The lowest BCUT2D eigenvalue weighted by Gasteiger charge is -2.58. The third-order valence-electron chi connectivity index (χ3n) is 8.83. The van der Waals surface area contributed by atoms with Crippen molar-refractivity contribution in [2.24, 2.45) is 22.7 Å². The molecule has 37 heavy (non-hydrogen) atoms. The van der Waals surface area contributed by atoms with Crippen LogP contribution >= 0.6 is 0 Å². The number of carbonyl (C=O) groups is 3. The summed E-state index contributed by atoms with van der Waals surface area (Å²) in [5.74, 6) is -0.862. The van der Waals surface area contributed by atoms with Crippen molar-refractivity contribution in [1.82, 2.24) is 0 Å². The number of allylic oxidation sites excluding steroid dienone is 3. The molecule has 0 aromatic rings. The number of unbranched alkanes of at least 4 members (excludes halogenated alkanes) is 2. The molecular formula is C30H44O7. The van der Waals surface area contributed by atoms with E-state index in [0.717, 1.165) is 49.7 Å². The Morgan fingerprint density at radius 3 is 2.46 bits per heavy atom. The zero-order valence-corrected chi connectivity index (χ0v) is 23.3. The fourth-order valence-electron chi connectivity index (χ4n) is 6.56. The van der Waals surface area contributed by atoms with E-state index >= 15 is 0 Å². The van der Waals surface area contributed by atoms with Crippen LogP contribution in [0.15, 0.2) is 36.0 Å². The Hall–Kier alpha value is -2.41. The minimum Gasteiger partial charge on any atom is -0.458 e. The zero-order chi connectivity index (χ0) is 27.4. The molecule has 3 aliphatic rings. The number of rotatable bonds is 10. The summed E-state index contributed by atoms with van der Waals surface area (Å²) >= 11 is 0. The summed E-state index contributed by atoms with van der Waals surface area (Å²) in [6.07, 6.45) is 9.73. The average molecular weight is 517 g/mol. The van der Waals surface area contributed by atoms with Crippen molar-refractivity contribution in [3.8, 4) is 0 Å². The molecule has 7 atom stereocenters. The largest absolute Gasteiger partial charge is 0.458 e. The molecule has 1 spiro atoms. The predicted octanol–water partition coefficient (Wildman–Crippen LogP) is 6.18. The van der Waals surface area contributed by atoms with E-state index in [4.69, 9.17) is 18.9 Å². The first-order valence-electron chi connectivity index (χ1n) is 13.7. The van der Waals surface area contributed by atoms with Gasteiger partial charge in [-0.2, -0.15) is 0 Å². The molecule has 1 saturated carbocycles. The van der Waals surface area contributed by atoms with Gasteiger partial charge in [0.2, 0.25) is 12.6 Å². The topological polar surface area (TPSA) is 88.1 Å². The Morgan fingerprint density at radius 2 is 1.84 bits per heavy atom. The quantitative estimate of drug-likeness (QED) is 0.113. The maximum absolute atomic E-state index is 12.7. The van der Waals surface area contributed by atoms with Crippen molar-refractivity contribution in [3.63, 3.8) is 0 Å². The van der Waals surface area contributed by atoms with Crippen molar-refractivity contribution < 1.29 is 33.3 Å². The lowest BCUT2D eigenvalue weighted by molar-refractivity contribution is -0.235. The molecule has 0 radical (unpaired) electrons. The molecule has 7 heteroatoms. The molecule has 1 heterocycles. The van der Waals surface area contributed by atoms with E-state index in [-0.39, 0.29) is 17.3 Å². The van der Waals surface area contributed by atoms with Crippen LogP contribution in [0.4, 0.5) is 0 Å². The second-order valence-electron chi connectivity index (χ2n) is 11.3. The third-order valence-corrected chi connectivity index (χ3v) is 8.83. The Balaban J connectivity index is 2.09. The van der Waals surface area contributed by atoms with Crippen LogP contribution in [0, 0.1) is 22.7 Å². The highest BCUT2D eigenvalue weighted by molar-refractivity contribution is 5.70. The molecule has 206 valence electrons. The second kappa shape index (κ2) is 12.0. The van der Waals surface area contributed by atoms with Crippen LogP contribution in [-0.4, -0.2) is 36.6 Å². The standard InChI is InChI=1S/C30H44O7/c1-8-10-11-12-26(33)36-23-17-24-27(34-21(5)31)37-28(35-22(6)32)30(24)16-14-20(4)29(7,25(30)18-23)15-13-19(3)9-2/h9,13,17,20,23,25,27-28H,2,8,10-12,14-16,18H2,1,3-7H3/b19-13-/t20-,23+,25+,27+,28-,29-,30-/m1/s1. The van der Waals surface area contributed by atoms with Gasteiger partial charge in [0.15, 0.2) is 0 Å². The van der Waals surface area contributed by atoms with Crippen molar-refractivity contribution in [3.05, 3.63) is 36.0 Å². The molecule has 3 rings (SSSR count). The highest BCUT2D eigenvalue weighted by Gasteiger charge is 2.67. The van der Waals surface area contributed by atoms with E-state index in [1.54, 1.807) is 0 Å². The maximum atomic E-state index is 12.7. The van der Waals surface area contributed by atoms with Gasteiger partial charge >= 0.3 is 17.9 Å². The number of carbonyl (C=O) groups excluding carboxylic acids is 3. The fourth-order valence-corrected chi connectivity index (χ4v) is 6.56. The molecule has 0 aromatic carbocycles. The minimum atomic E-state index is -0.992. The molecule has 2 fully saturated rings. The van der Waals surface area contributed by atoms with Gasteiger partial charge in [0, 0.05) is 25.8 Å². The van der Waals surface area contributed by atoms with Gasteiger partial charge in [0.25, 0.3) is 0 Å². The van der Waals surface area contributed by atoms with Crippen LogP contribution < -0.4 is 0 Å². The summed E-state index contributed by atoms with van der Waals surface area (Å²) in [5, 5.41) is 0. The van der Waals surface area contributed by atoms with Crippen LogP contribution in [0.25, 0.3) is 0 Å². The van der Waals surface area contributed by atoms with Crippen molar-refractivity contribution in [2.75, 3.05) is 0 Å². The van der Waals surface area contributed by atoms with Gasteiger partial charge < -0.3 is 14.2 Å². The molecule has 0 amide bonds. The molecular weight excluding hydrogens is 472 g/mol. The number of esters is 3. The Labute approximate surface area is 221 Å². The van der Waals surface area contributed by atoms with Gasteiger partial charge in [-0.25, -0.2) is 0 Å². The molecule has 2 aliphatic carbocycles. The molecule has 1 aliphatic heterocycles. The first kappa shape index (κ1) is 29.2. The molecule has 7 nitrogen and oxygen atoms in total.